The number of aliphatic hydroxyl groups excluding tert-OH is 1. The number of ether oxygens (including phenoxy) is 2. The lowest BCUT2D eigenvalue weighted by atomic mass is 9.93. The molecule has 4 N–H and O–H groups in total. The van der Waals surface area contributed by atoms with Crippen molar-refractivity contribution in [2.45, 2.75) is 39.2 Å². The minimum atomic E-state index is -0.415. The molecule has 7 heteroatoms. The topological polar surface area (TPSA) is 89.1 Å². The van der Waals surface area contributed by atoms with E-state index in [0.717, 1.165) is 11.3 Å². The largest absolute Gasteiger partial charge is 0.494 e. The van der Waals surface area contributed by atoms with E-state index in [4.69, 9.17) is 15.2 Å². The third-order valence-electron chi connectivity index (χ3n) is 4.20. The first-order valence-electron chi connectivity index (χ1n) is 9.73. The predicted octanol–water partition coefficient (Wildman–Crippen LogP) is 4.38. The molecule has 0 aliphatic carbocycles. The number of nitrogens with zero attached hydrogens (tertiary/aromatic N) is 1. The van der Waals surface area contributed by atoms with E-state index in [0.29, 0.717) is 43.6 Å². The van der Waals surface area contributed by atoms with Crippen LogP contribution in [0.15, 0.2) is 53.5 Å². The quantitative estimate of drug-likeness (QED) is 0.249. The first-order chi connectivity index (χ1) is 13.5. The Bertz CT molecular complexity index is 754. The fourth-order valence-corrected chi connectivity index (χ4v) is 2.98. The van der Waals surface area contributed by atoms with E-state index in [1.807, 2.05) is 62.4 Å². The van der Waals surface area contributed by atoms with Crippen LogP contribution in [-0.2, 0) is 0 Å². The number of aliphatic hydroxyl groups is 1. The van der Waals surface area contributed by atoms with Crippen molar-refractivity contribution < 1.29 is 14.6 Å². The van der Waals surface area contributed by atoms with Crippen molar-refractivity contribution in [3.63, 3.8) is 0 Å². The van der Waals surface area contributed by atoms with Crippen LogP contribution in [0.25, 0.3) is 0 Å². The number of benzene rings is 2. The van der Waals surface area contributed by atoms with Gasteiger partial charge in [-0.2, -0.15) is 0 Å². The second-order valence-electron chi connectivity index (χ2n) is 6.57. The molecule has 0 aliphatic rings. The van der Waals surface area contributed by atoms with Crippen molar-refractivity contribution in [3.05, 3.63) is 54.1 Å². The Balaban J connectivity index is 0.00000420. The average molecular weight is 513 g/mol. The Hall–Kier alpha value is -2.00. The lowest BCUT2D eigenvalue weighted by Gasteiger charge is -2.18. The van der Waals surface area contributed by atoms with Gasteiger partial charge in [-0.1, -0.05) is 30.3 Å². The fourth-order valence-electron chi connectivity index (χ4n) is 2.98. The highest BCUT2D eigenvalue weighted by atomic mass is 127. The van der Waals surface area contributed by atoms with E-state index in [1.54, 1.807) is 6.92 Å². The molecule has 6 nitrogen and oxygen atoms in total. The van der Waals surface area contributed by atoms with Crippen LogP contribution in [0, 0.1) is 0 Å². The van der Waals surface area contributed by atoms with Gasteiger partial charge in [-0.25, -0.2) is 0 Å². The molecular weight excluding hydrogens is 481 g/mol. The summed E-state index contributed by atoms with van der Waals surface area (Å²) in [5.74, 6) is 1.80. The highest BCUT2D eigenvalue weighted by molar-refractivity contribution is 14.0. The highest BCUT2D eigenvalue weighted by Gasteiger charge is 2.14. The van der Waals surface area contributed by atoms with E-state index in [-0.39, 0.29) is 29.9 Å². The van der Waals surface area contributed by atoms with E-state index >= 15 is 0 Å². The molecular formula is C22H32IN3O3. The van der Waals surface area contributed by atoms with Gasteiger partial charge in [0.05, 0.1) is 25.0 Å². The van der Waals surface area contributed by atoms with Crippen molar-refractivity contribution in [1.29, 1.82) is 0 Å². The van der Waals surface area contributed by atoms with Crippen molar-refractivity contribution in [2.24, 2.45) is 10.7 Å². The SMILES string of the molecule is CCOc1ccc(OCC)c(NC(N)=NCC(CC(C)O)c2ccccc2)c1.I. The number of halogens is 1. The first kappa shape index (κ1) is 25.0. The van der Waals surface area contributed by atoms with Crippen LogP contribution in [0.5, 0.6) is 11.5 Å². The molecule has 0 aromatic heterocycles. The van der Waals surface area contributed by atoms with Crippen LogP contribution in [0.2, 0.25) is 0 Å². The molecule has 0 saturated carbocycles. The van der Waals surface area contributed by atoms with Gasteiger partial charge >= 0.3 is 0 Å². The van der Waals surface area contributed by atoms with Gasteiger partial charge in [0.1, 0.15) is 11.5 Å². The van der Waals surface area contributed by atoms with Crippen LogP contribution in [0.1, 0.15) is 38.7 Å². The molecule has 2 aromatic rings. The molecule has 0 saturated heterocycles. The maximum atomic E-state index is 9.84. The molecule has 0 heterocycles. The molecule has 2 aromatic carbocycles. The van der Waals surface area contributed by atoms with Crippen LogP contribution >= 0.6 is 24.0 Å². The summed E-state index contributed by atoms with van der Waals surface area (Å²) in [6, 6.07) is 15.6. The number of nitrogens with two attached hydrogens (primary N) is 1. The van der Waals surface area contributed by atoms with E-state index < -0.39 is 6.10 Å². The van der Waals surface area contributed by atoms with Gasteiger partial charge in [-0.15, -0.1) is 24.0 Å². The maximum absolute atomic E-state index is 9.84. The molecule has 2 atom stereocenters. The summed E-state index contributed by atoms with van der Waals surface area (Å²) < 4.78 is 11.2. The van der Waals surface area contributed by atoms with Crippen molar-refractivity contribution in [1.82, 2.24) is 0 Å². The lowest BCUT2D eigenvalue weighted by molar-refractivity contribution is 0.175. The summed E-state index contributed by atoms with van der Waals surface area (Å²) in [6.45, 7) is 7.25. The Kier molecular flexibility index (Phi) is 11.5. The standard InChI is InChI=1S/C22H31N3O3.HI/c1-4-27-19-11-12-21(28-5-2)20(14-19)25-22(23)24-15-18(13-16(3)26)17-9-7-6-8-10-17;/h6-12,14,16,18,26H,4-5,13,15H2,1-3H3,(H3,23,24,25);1H. The monoisotopic (exact) mass is 513 g/mol. The van der Waals surface area contributed by atoms with E-state index in [1.165, 1.54) is 0 Å². The van der Waals surface area contributed by atoms with Crippen molar-refractivity contribution >= 4 is 35.6 Å². The van der Waals surface area contributed by atoms with E-state index in [9.17, 15) is 5.11 Å². The Morgan fingerprint density at radius 1 is 1.10 bits per heavy atom. The second-order valence-corrected chi connectivity index (χ2v) is 6.57. The molecule has 0 radical (unpaired) electrons. The van der Waals surface area contributed by atoms with Gasteiger partial charge in [0.25, 0.3) is 0 Å². The molecule has 2 rings (SSSR count). The number of guanidine groups is 1. The molecule has 0 fully saturated rings. The summed E-state index contributed by atoms with van der Waals surface area (Å²) in [6.07, 6.45) is 0.201. The summed E-state index contributed by atoms with van der Waals surface area (Å²) in [4.78, 5) is 4.50. The number of anilines is 1. The van der Waals surface area contributed by atoms with Gasteiger partial charge in [-0.05, 0) is 44.9 Å². The minimum Gasteiger partial charge on any atom is -0.494 e. The Morgan fingerprint density at radius 2 is 1.79 bits per heavy atom. The normalized spacial score (nSPS) is 13.2. The van der Waals surface area contributed by atoms with Crippen LogP contribution < -0.4 is 20.5 Å². The molecule has 0 amide bonds. The molecule has 0 bridgehead atoms. The molecule has 29 heavy (non-hydrogen) atoms. The summed E-state index contributed by atoms with van der Waals surface area (Å²) in [5, 5.41) is 12.9. The van der Waals surface area contributed by atoms with Gasteiger partial charge in [0.2, 0.25) is 0 Å². The third kappa shape index (κ3) is 8.49. The first-order valence-corrected chi connectivity index (χ1v) is 9.73. The highest BCUT2D eigenvalue weighted by Crippen LogP contribution is 2.29. The molecule has 0 aliphatic heterocycles. The van der Waals surface area contributed by atoms with Crippen molar-refractivity contribution in [3.8, 4) is 11.5 Å². The third-order valence-corrected chi connectivity index (χ3v) is 4.20. The second kappa shape index (κ2) is 13.3. The average Bonchev–Trinajstić information content (AvgIpc) is 2.68. The van der Waals surface area contributed by atoms with Crippen LogP contribution in [0.3, 0.4) is 0 Å². The van der Waals surface area contributed by atoms with Crippen LogP contribution in [-0.4, -0.2) is 36.9 Å². The zero-order valence-electron chi connectivity index (χ0n) is 17.3. The lowest BCUT2D eigenvalue weighted by Crippen LogP contribution is -2.24. The number of nitrogens with one attached hydrogen (secondary N) is 1. The van der Waals surface area contributed by atoms with Gasteiger partial charge in [-0.3, -0.25) is 4.99 Å². The number of aliphatic imine (C=N–C) groups is 1. The number of hydrogen-bond acceptors (Lipinski definition) is 4. The summed E-state index contributed by atoms with van der Waals surface area (Å²) in [7, 11) is 0. The van der Waals surface area contributed by atoms with Gasteiger partial charge in [0, 0.05) is 18.5 Å². The Morgan fingerprint density at radius 3 is 2.41 bits per heavy atom. The van der Waals surface area contributed by atoms with E-state index in [2.05, 4.69) is 10.3 Å². The molecule has 0 spiro atoms. The number of hydrogen-bond donors (Lipinski definition) is 3. The molecule has 2 unspecified atom stereocenters. The number of rotatable bonds is 10. The zero-order chi connectivity index (χ0) is 20.4. The van der Waals surface area contributed by atoms with Crippen molar-refractivity contribution in [2.75, 3.05) is 25.1 Å². The smallest absolute Gasteiger partial charge is 0.193 e. The zero-order valence-corrected chi connectivity index (χ0v) is 19.6. The Labute approximate surface area is 190 Å². The van der Waals surface area contributed by atoms with Crippen LogP contribution in [0.4, 0.5) is 5.69 Å². The van der Waals surface area contributed by atoms with Gasteiger partial charge in [0.15, 0.2) is 5.96 Å². The minimum absolute atomic E-state index is 0. The maximum Gasteiger partial charge on any atom is 0.193 e. The molecule has 160 valence electrons. The fraction of sp³-hybridized carbons (Fsp3) is 0.409. The van der Waals surface area contributed by atoms with Gasteiger partial charge < -0.3 is 25.6 Å². The summed E-state index contributed by atoms with van der Waals surface area (Å²) >= 11 is 0. The predicted molar refractivity (Wildman–Crippen MR) is 130 cm³/mol. The summed E-state index contributed by atoms with van der Waals surface area (Å²) in [5.41, 5.74) is 7.97.